The largest absolute Gasteiger partial charge is 0.330 e. The van der Waals surface area contributed by atoms with Crippen LogP contribution in [-0.4, -0.2) is 51.7 Å². The van der Waals surface area contributed by atoms with Crippen LogP contribution in [0.1, 0.15) is 32.1 Å². The fourth-order valence-corrected chi connectivity index (χ4v) is 3.38. The van der Waals surface area contributed by atoms with Crippen LogP contribution in [0.4, 0.5) is 5.69 Å². The van der Waals surface area contributed by atoms with Gasteiger partial charge in [0.2, 0.25) is 11.8 Å². The molecule has 7 nitrogen and oxygen atoms in total. The highest BCUT2D eigenvalue weighted by Crippen LogP contribution is 2.28. The van der Waals surface area contributed by atoms with Crippen LogP contribution < -0.4 is 10.6 Å². The summed E-state index contributed by atoms with van der Waals surface area (Å²) in [7, 11) is 1.81. The number of rotatable bonds is 2. The van der Waals surface area contributed by atoms with Gasteiger partial charge in [0.15, 0.2) is 0 Å². The van der Waals surface area contributed by atoms with Gasteiger partial charge < -0.3 is 15.5 Å². The lowest BCUT2D eigenvalue weighted by molar-refractivity contribution is -0.142. The van der Waals surface area contributed by atoms with Crippen molar-refractivity contribution < 1.29 is 9.59 Å². The van der Waals surface area contributed by atoms with E-state index in [4.69, 9.17) is 5.73 Å². The van der Waals surface area contributed by atoms with E-state index in [1.165, 1.54) is 0 Å². The van der Waals surface area contributed by atoms with E-state index < -0.39 is 5.54 Å². The molecule has 2 N–H and O–H groups in total. The van der Waals surface area contributed by atoms with Crippen molar-refractivity contribution in [1.82, 2.24) is 14.7 Å². The summed E-state index contributed by atoms with van der Waals surface area (Å²) >= 11 is 0. The first-order valence-corrected chi connectivity index (χ1v) is 7.87. The number of aromatic nitrogens is 2. The lowest BCUT2D eigenvalue weighted by atomic mass is 9.81. The Hall–Kier alpha value is -1.89. The number of nitrogens with zero attached hydrogens (tertiary/aromatic N) is 4. The van der Waals surface area contributed by atoms with Gasteiger partial charge in [-0.15, -0.1) is 0 Å². The molecule has 0 radical (unpaired) electrons. The molecule has 1 aliphatic heterocycles. The SMILES string of the molecule is Cn1cc(N2CCN(C(=O)C3(N)CCCCC3)CC2=O)cn1. The molecule has 0 bridgehead atoms. The number of aryl methyl sites for hydroxylation is 1. The molecule has 1 saturated carbocycles. The fourth-order valence-electron chi connectivity index (χ4n) is 3.38. The van der Waals surface area contributed by atoms with Crippen LogP contribution in [0.2, 0.25) is 0 Å². The fraction of sp³-hybridized carbons (Fsp3) is 0.667. The summed E-state index contributed by atoms with van der Waals surface area (Å²) in [5.41, 5.74) is 6.31. The van der Waals surface area contributed by atoms with Crippen LogP contribution in [0.25, 0.3) is 0 Å². The van der Waals surface area contributed by atoms with Gasteiger partial charge in [0.05, 0.1) is 17.4 Å². The topological polar surface area (TPSA) is 84.5 Å². The summed E-state index contributed by atoms with van der Waals surface area (Å²) < 4.78 is 1.66. The first-order chi connectivity index (χ1) is 10.5. The van der Waals surface area contributed by atoms with Crippen LogP contribution in [0.15, 0.2) is 12.4 Å². The van der Waals surface area contributed by atoms with Gasteiger partial charge in [-0.05, 0) is 12.8 Å². The van der Waals surface area contributed by atoms with E-state index in [0.717, 1.165) is 37.8 Å². The first kappa shape index (κ1) is 15.0. The number of hydrogen-bond donors (Lipinski definition) is 1. The molecule has 7 heteroatoms. The summed E-state index contributed by atoms with van der Waals surface area (Å²) in [5, 5.41) is 4.09. The Morgan fingerprint density at radius 2 is 2.00 bits per heavy atom. The van der Waals surface area contributed by atoms with Crippen LogP contribution in [0.3, 0.4) is 0 Å². The highest BCUT2D eigenvalue weighted by molar-refractivity contribution is 5.99. The number of piperazine rings is 1. The summed E-state index contributed by atoms with van der Waals surface area (Å²) in [6, 6.07) is 0. The van der Waals surface area contributed by atoms with Crippen LogP contribution in [-0.2, 0) is 16.6 Å². The van der Waals surface area contributed by atoms with Crippen LogP contribution in [0, 0.1) is 0 Å². The smallest absolute Gasteiger partial charge is 0.246 e. The zero-order valence-electron chi connectivity index (χ0n) is 13.0. The molecule has 2 amide bonds. The number of hydrogen-bond acceptors (Lipinski definition) is 4. The normalized spacial score (nSPS) is 22.0. The molecule has 1 aromatic rings. The third kappa shape index (κ3) is 2.72. The molecule has 120 valence electrons. The molecule has 2 aliphatic rings. The maximum atomic E-state index is 12.7. The van der Waals surface area contributed by atoms with Crippen molar-refractivity contribution in [3.05, 3.63) is 12.4 Å². The summed E-state index contributed by atoms with van der Waals surface area (Å²) in [6.07, 6.45) is 8.05. The average Bonchev–Trinajstić information content (AvgIpc) is 2.93. The summed E-state index contributed by atoms with van der Waals surface area (Å²) in [4.78, 5) is 28.3. The predicted molar refractivity (Wildman–Crippen MR) is 82.1 cm³/mol. The van der Waals surface area contributed by atoms with E-state index in [0.29, 0.717) is 13.1 Å². The average molecular weight is 305 g/mol. The van der Waals surface area contributed by atoms with E-state index >= 15 is 0 Å². The van der Waals surface area contributed by atoms with Crippen molar-refractivity contribution in [3.8, 4) is 0 Å². The molecule has 0 aromatic carbocycles. The quantitative estimate of drug-likeness (QED) is 0.849. The number of nitrogens with two attached hydrogens (primary N) is 1. The summed E-state index contributed by atoms with van der Waals surface area (Å²) in [5.74, 6) is -0.140. The van der Waals surface area contributed by atoms with E-state index in [9.17, 15) is 9.59 Å². The Bertz CT molecular complexity index is 576. The minimum Gasteiger partial charge on any atom is -0.330 e. The van der Waals surface area contributed by atoms with Crippen molar-refractivity contribution in [2.75, 3.05) is 24.5 Å². The highest BCUT2D eigenvalue weighted by Gasteiger charge is 2.40. The van der Waals surface area contributed by atoms with Crippen molar-refractivity contribution in [2.24, 2.45) is 12.8 Å². The van der Waals surface area contributed by atoms with Crippen LogP contribution in [0.5, 0.6) is 0 Å². The van der Waals surface area contributed by atoms with Gasteiger partial charge in [-0.2, -0.15) is 5.10 Å². The van der Waals surface area contributed by atoms with E-state index in [2.05, 4.69) is 5.10 Å². The Kier molecular flexibility index (Phi) is 3.90. The van der Waals surface area contributed by atoms with Gasteiger partial charge in [-0.1, -0.05) is 19.3 Å². The molecule has 1 aromatic heterocycles. The third-order valence-corrected chi connectivity index (χ3v) is 4.68. The second kappa shape index (κ2) is 5.72. The van der Waals surface area contributed by atoms with Crippen molar-refractivity contribution in [1.29, 1.82) is 0 Å². The van der Waals surface area contributed by atoms with E-state index in [1.54, 1.807) is 26.9 Å². The molecular weight excluding hydrogens is 282 g/mol. The van der Waals surface area contributed by atoms with Gasteiger partial charge in [0.25, 0.3) is 0 Å². The molecule has 2 fully saturated rings. The maximum absolute atomic E-state index is 12.7. The van der Waals surface area contributed by atoms with Gasteiger partial charge >= 0.3 is 0 Å². The number of anilines is 1. The van der Waals surface area contributed by atoms with Crippen molar-refractivity contribution in [2.45, 2.75) is 37.6 Å². The third-order valence-electron chi connectivity index (χ3n) is 4.68. The zero-order valence-corrected chi connectivity index (χ0v) is 13.0. The molecule has 0 unspecified atom stereocenters. The Morgan fingerprint density at radius 3 is 2.59 bits per heavy atom. The lowest BCUT2D eigenvalue weighted by Gasteiger charge is -2.40. The molecule has 3 rings (SSSR count). The zero-order chi connectivity index (χ0) is 15.7. The van der Waals surface area contributed by atoms with Gasteiger partial charge in [0.1, 0.15) is 6.54 Å². The predicted octanol–water partition coefficient (Wildman–Crippen LogP) is 0.257. The maximum Gasteiger partial charge on any atom is 0.246 e. The highest BCUT2D eigenvalue weighted by atomic mass is 16.2. The molecule has 0 spiro atoms. The summed E-state index contributed by atoms with van der Waals surface area (Å²) in [6.45, 7) is 1.12. The Morgan fingerprint density at radius 1 is 1.27 bits per heavy atom. The minimum absolute atomic E-state index is 0.0635. The molecule has 0 atom stereocenters. The van der Waals surface area contributed by atoms with Crippen molar-refractivity contribution in [3.63, 3.8) is 0 Å². The van der Waals surface area contributed by atoms with E-state index in [1.807, 2.05) is 7.05 Å². The van der Waals surface area contributed by atoms with Crippen molar-refractivity contribution >= 4 is 17.5 Å². The standard InChI is InChI=1S/C15H23N5O2/c1-18-10-12(9-17-18)20-8-7-19(11-13(20)21)14(22)15(16)5-3-2-4-6-15/h9-10H,2-8,11,16H2,1H3. The molecule has 1 aliphatic carbocycles. The van der Waals surface area contributed by atoms with Crippen LogP contribution >= 0.6 is 0 Å². The van der Waals surface area contributed by atoms with E-state index in [-0.39, 0.29) is 18.4 Å². The minimum atomic E-state index is -0.769. The molecular formula is C15H23N5O2. The Balaban J connectivity index is 1.67. The number of carbonyl (C=O) groups is 2. The van der Waals surface area contributed by atoms with Gasteiger partial charge in [0, 0.05) is 26.3 Å². The lowest BCUT2D eigenvalue weighted by Crippen LogP contribution is -2.61. The van der Waals surface area contributed by atoms with Gasteiger partial charge in [-0.25, -0.2) is 0 Å². The second-order valence-electron chi connectivity index (χ2n) is 6.36. The second-order valence-corrected chi connectivity index (χ2v) is 6.36. The molecule has 2 heterocycles. The molecule has 22 heavy (non-hydrogen) atoms. The number of amides is 2. The number of carbonyl (C=O) groups excluding carboxylic acids is 2. The first-order valence-electron chi connectivity index (χ1n) is 7.87. The Labute approximate surface area is 130 Å². The monoisotopic (exact) mass is 305 g/mol. The van der Waals surface area contributed by atoms with Gasteiger partial charge in [-0.3, -0.25) is 14.3 Å². The molecule has 1 saturated heterocycles.